The van der Waals surface area contributed by atoms with Crippen LogP contribution >= 0.6 is 11.6 Å². The van der Waals surface area contributed by atoms with Gasteiger partial charge in [0.05, 0.1) is 12.0 Å². The average Bonchev–Trinajstić information content (AvgIpc) is 3.28. The molecule has 4 rings (SSSR count). The van der Waals surface area contributed by atoms with Crippen molar-refractivity contribution in [2.45, 2.75) is 44.6 Å². The Kier molecular flexibility index (Phi) is 6.58. The fourth-order valence-corrected chi connectivity index (χ4v) is 4.34. The first-order chi connectivity index (χ1) is 14.6. The van der Waals surface area contributed by atoms with E-state index in [2.05, 4.69) is 5.32 Å². The Hall–Kier alpha value is -2.53. The summed E-state index contributed by atoms with van der Waals surface area (Å²) >= 11 is 5.91. The third-order valence-corrected chi connectivity index (χ3v) is 6.15. The van der Waals surface area contributed by atoms with Gasteiger partial charge in [0.1, 0.15) is 5.75 Å². The van der Waals surface area contributed by atoms with Gasteiger partial charge in [-0.05, 0) is 87.1 Å². The Balaban J connectivity index is 1.32. The van der Waals surface area contributed by atoms with E-state index in [1.54, 1.807) is 29.2 Å². The van der Waals surface area contributed by atoms with Gasteiger partial charge in [-0.3, -0.25) is 9.59 Å². The average molecular weight is 427 g/mol. The number of hydrogen-bond acceptors (Lipinski definition) is 3. The Morgan fingerprint density at radius 3 is 2.33 bits per heavy atom. The van der Waals surface area contributed by atoms with E-state index >= 15 is 0 Å². The number of halogens is 1. The SMILES string of the molecule is O=C(Nc1ccc(OC2CCCC2)cc1)C1CCCN(C(=O)c2ccc(Cl)cc2)C1. The third kappa shape index (κ3) is 5.14. The standard InChI is InChI=1S/C24H27ClN2O3/c25-19-9-7-17(8-10-19)24(29)27-15-3-4-18(16-27)23(28)26-20-11-13-22(14-12-20)30-21-5-1-2-6-21/h7-14,18,21H,1-6,15-16H2,(H,26,28). The molecule has 0 spiro atoms. The number of ether oxygens (including phenoxy) is 1. The van der Waals surface area contributed by atoms with Gasteiger partial charge < -0.3 is 15.0 Å². The van der Waals surface area contributed by atoms with Gasteiger partial charge in [-0.15, -0.1) is 0 Å². The number of nitrogens with one attached hydrogen (secondary N) is 1. The summed E-state index contributed by atoms with van der Waals surface area (Å²) in [6.45, 7) is 1.09. The van der Waals surface area contributed by atoms with Crippen molar-refractivity contribution in [3.8, 4) is 5.75 Å². The zero-order chi connectivity index (χ0) is 20.9. The van der Waals surface area contributed by atoms with Crippen molar-refractivity contribution in [1.82, 2.24) is 4.90 Å². The Bertz CT molecular complexity index is 876. The molecule has 1 saturated heterocycles. The van der Waals surface area contributed by atoms with E-state index in [1.807, 2.05) is 24.3 Å². The summed E-state index contributed by atoms with van der Waals surface area (Å²) in [5.74, 6) is 0.521. The molecule has 1 heterocycles. The molecule has 2 aromatic rings. The van der Waals surface area contributed by atoms with E-state index in [1.165, 1.54) is 12.8 Å². The van der Waals surface area contributed by atoms with E-state index in [9.17, 15) is 9.59 Å². The van der Waals surface area contributed by atoms with Gasteiger partial charge in [0.25, 0.3) is 5.91 Å². The van der Waals surface area contributed by atoms with Crippen LogP contribution in [0.25, 0.3) is 0 Å². The zero-order valence-corrected chi connectivity index (χ0v) is 17.7. The van der Waals surface area contributed by atoms with E-state index in [4.69, 9.17) is 16.3 Å². The number of carbonyl (C=O) groups excluding carboxylic acids is 2. The maximum atomic E-state index is 12.8. The van der Waals surface area contributed by atoms with E-state index in [0.29, 0.717) is 29.8 Å². The number of piperidine rings is 1. The zero-order valence-electron chi connectivity index (χ0n) is 17.0. The second-order valence-corrected chi connectivity index (χ2v) is 8.57. The maximum Gasteiger partial charge on any atom is 0.253 e. The van der Waals surface area contributed by atoms with Crippen LogP contribution in [-0.4, -0.2) is 35.9 Å². The van der Waals surface area contributed by atoms with Crippen molar-refractivity contribution in [2.24, 2.45) is 5.92 Å². The molecule has 2 aromatic carbocycles. The second kappa shape index (κ2) is 9.52. The van der Waals surface area contributed by atoms with Gasteiger partial charge in [0, 0.05) is 29.4 Å². The number of benzene rings is 2. The molecule has 6 heteroatoms. The fourth-order valence-electron chi connectivity index (χ4n) is 4.21. The molecule has 1 saturated carbocycles. The number of hydrogen-bond donors (Lipinski definition) is 1. The topological polar surface area (TPSA) is 58.6 Å². The quantitative estimate of drug-likeness (QED) is 0.719. The first-order valence-electron chi connectivity index (χ1n) is 10.7. The van der Waals surface area contributed by atoms with Crippen LogP contribution in [-0.2, 0) is 4.79 Å². The van der Waals surface area contributed by atoms with Gasteiger partial charge in [0.2, 0.25) is 5.91 Å². The summed E-state index contributed by atoms with van der Waals surface area (Å²) in [6.07, 6.45) is 6.61. The van der Waals surface area contributed by atoms with Crippen molar-refractivity contribution >= 4 is 29.1 Å². The van der Waals surface area contributed by atoms with Crippen molar-refractivity contribution in [1.29, 1.82) is 0 Å². The molecule has 0 radical (unpaired) electrons. The van der Waals surface area contributed by atoms with E-state index in [0.717, 1.165) is 37.1 Å². The van der Waals surface area contributed by atoms with Crippen molar-refractivity contribution in [3.63, 3.8) is 0 Å². The maximum absolute atomic E-state index is 12.8. The number of rotatable bonds is 5. The molecular weight excluding hydrogens is 400 g/mol. The van der Waals surface area contributed by atoms with Crippen LogP contribution in [0.15, 0.2) is 48.5 Å². The molecule has 158 valence electrons. The number of amides is 2. The highest BCUT2D eigenvalue weighted by Gasteiger charge is 2.29. The lowest BCUT2D eigenvalue weighted by Crippen LogP contribution is -2.43. The fraction of sp³-hybridized carbons (Fsp3) is 0.417. The first-order valence-corrected chi connectivity index (χ1v) is 11.1. The molecule has 2 aliphatic rings. The summed E-state index contributed by atoms with van der Waals surface area (Å²) in [5, 5.41) is 3.59. The van der Waals surface area contributed by atoms with Gasteiger partial charge in [-0.25, -0.2) is 0 Å². The third-order valence-electron chi connectivity index (χ3n) is 5.90. The van der Waals surface area contributed by atoms with Crippen molar-refractivity contribution in [2.75, 3.05) is 18.4 Å². The largest absolute Gasteiger partial charge is 0.490 e. The van der Waals surface area contributed by atoms with Crippen LogP contribution in [0.5, 0.6) is 5.75 Å². The molecule has 5 nitrogen and oxygen atoms in total. The Labute approximate surface area is 182 Å². The molecule has 0 bridgehead atoms. The highest BCUT2D eigenvalue weighted by Crippen LogP contribution is 2.26. The monoisotopic (exact) mass is 426 g/mol. The normalized spacial score (nSPS) is 19.5. The minimum Gasteiger partial charge on any atom is -0.490 e. The summed E-state index contributed by atoms with van der Waals surface area (Å²) < 4.78 is 5.98. The lowest BCUT2D eigenvalue weighted by Gasteiger charge is -2.32. The Morgan fingerprint density at radius 1 is 0.933 bits per heavy atom. The minimum absolute atomic E-state index is 0.0481. The lowest BCUT2D eigenvalue weighted by atomic mass is 9.96. The molecule has 1 unspecified atom stereocenters. The molecule has 0 aromatic heterocycles. The van der Waals surface area contributed by atoms with Crippen LogP contribution in [0.4, 0.5) is 5.69 Å². The molecule has 1 atom stereocenters. The van der Waals surface area contributed by atoms with Crippen LogP contribution in [0.1, 0.15) is 48.9 Å². The highest BCUT2D eigenvalue weighted by atomic mass is 35.5. The molecule has 1 aliphatic carbocycles. The summed E-state index contributed by atoms with van der Waals surface area (Å²) in [5.41, 5.74) is 1.35. The molecule has 2 amide bonds. The highest BCUT2D eigenvalue weighted by molar-refractivity contribution is 6.30. The predicted molar refractivity (Wildman–Crippen MR) is 118 cm³/mol. The lowest BCUT2D eigenvalue weighted by molar-refractivity contribution is -0.121. The molecule has 30 heavy (non-hydrogen) atoms. The predicted octanol–water partition coefficient (Wildman–Crippen LogP) is 5.15. The Morgan fingerprint density at radius 2 is 1.63 bits per heavy atom. The molecule has 1 N–H and O–H groups in total. The summed E-state index contributed by atoms with van der Waals surface area (Å²) in [7, 11) is 0. The summed E-state index contributed by atoms with van der Waals surface area (Å²) in [4.78, 5) is 27.3. The van der Waals surface area contributed by atoms with Gasteiger partial charge in [-0.2, -0.15) is 0 Å². The minimum atomic E-state index is -0.218. The van der Waals surface area contributed by atoms with Gasteiger partial charge in [0.15, 0.2) is 0 Å². The molecule has 1 aliphatic heterocycles. The van der Waals surface area contributed by atoms with Crippen LogP contribution in [0.2, 0.25) is 5.02 Å². The van der Waals surface area contributed by atoms with Crippen molar-refractivity contribution in [3.05, 3.63) is 59.1 Å². The molecular formula is C24H27ClN2O3. The van der Waals surface area contributed by atoms with Crippen LogP contribution < -0.4 is 10.1 Å². The number of likely N-dealkylation sites (tertiary alicyclic amines) is 1. The molecule has 2 fully saturated rings. The van der Waals surface area contributed by atoms with Gasteiger partial charge in [-0.1, -0.05) is 11.6 Å². The van der Waals surface area contributed by atoms with Gasteiger partial charge >= 0.3 is 0 Å². The number of anilines is 1. The second-order valence-electron chi connectivity index (χ2n) is 8.14. The van der Waals surface area contributed by atoms with Crippen LogP contribution in [0.3, 0.4) is 0 Å². The van der Waals surface area contributed by atoms with E-state index < -0.39 is 0 Å². The summed E-state index contributed by atoms with van der Waals surface area (Å²) in [6, 6.07) is 14.4. The number of carbonyl (C=O) groups is 2. The first kappa shape index (κ1) is 20.7. The van der Waals surface area contributed by atoms with Crippen LogP contribution in [0, 0.1) is 5.92 Å². The number of nitrogens with zero attached hydrogens (tertiary/aromatic N) is 1. The van der Waals surface area contributed by atoms with E-state index in [-0.39, 0.29) is 17.7 Å². The smallest absolute Gasteiger partial charge is 0.253 e. The van der Waals surface area contributed by atoms with Crippen molar-refractivity contribution < 1.29 is 14.3 Å².